The molecule has 100 valence electrons. The Bertz CT molecular complexity index is 393. The molecular weight excluding hydrogens is 231 g/mol. The summed E-state index contributed by atoms with van der Waals surface area (Å²) < 4.78 is 13.2. The van der Waals surface area contributed by atoms with Gasteiger partial charge in [-0.3, -0.25) is 4.79 Å². The maximum atomic E-state index is 13.2. The number of nitrogens with two attached hydrogens (primary N) is 1. The average Bonchev–Trinajstić information content (AvgIpc) is 2.33. The second-order valence-electron chi connectivity index (χ2n) is 4.82. The number of nitrogens with one attached hydrogen (secondary N) is 1. The van der Waals surface area contributed by atoms with E-state index < -0.39 is 0 Å². The lowest BCUT2D eigenvalue weighted by Gasteiger charge is -2.17. The highest BCUT2D eigenvalue weighted by molar-refractivity contribution is 5.83. The van der Waals surface area contributed by atoms with Crippen LogP contribution < -0.4 is 11.1 Å². The molecule has 0 spiro atoms. The van der Waals surface area contributed by atoms with Crippen LogP contribution in [0.4, 0.5) is 4.39 Å². The van der Waals surface area contributed by atoms with Gasteiger partial charge < -0.3 is 11.1 Å². The van der Waals surface area contributed by atoms with E-state index in [2.05, 4.69) is 5.32 Å². The third kappa shape index (κ3) is 4.45. The minimum Gasteiger partial charge on any atom is -0.355 e. The predicted octanol–water partition coefficient (Wildman–Crippen LogP) is 2.03. The van der Waals surface area contributed by atoms with Crippen LogP contribution in [0.25, 0.3) is 0 Å². The molecule has 0 aliphatic rings. The van der Waals surface area contributed by atoms with E-state index in [1.54, 1.807) is 12.1 Å². The van der Waals surface area contributed by atoms with Crippen molar-refractivity contribution in [2.45, 2.75) is 26.2 Å². The zero-order valence-corrected chi connectivity index (χ0v) is 10.9. The van der Waals surface area contributed by atoms with E-state index in [0.717, 1.165) is 0 Å². The summed E-state index contributed by atoms with van der Waals surface area (Å²) in [6.45, 7) is 5.08. The standard InChI is InChI=1S/C14H21FN2O/c1-10(2)9-17-14(18)13(6-7-16)11-4-3-5-12(15)8-11/h3-5,8,10,13H,6-7,9,16H2,1-2H3,(H,17,18). The van der Waals surface area contributed by atoms with Gasteiger partial charge in [-0.25, -0.2) is 4.39 Å². The van der Waals surface area contributed by atoms with Gasteiger partial charge in [-0.1, -0.05) is 26.0 Å². The van der Waals surface area contributed by atoms with Crippen LogP contribution in [0, 0.1) is 11.7 Å². The quantitative estimate of drug-likeness (QED) is 0.814. The number of benzene rings is 1. The normalized spacial score (nSPS) is 12.5. The number of amides is 1. The Morgan fingerprint density at radius 2 is 2.17 bits per heavy atom. The Labute approximate surface area is 108 Å². The molecule has 1 atom stereocenters. The van der Waals surface area contributed by atoms with Crippen molar-refractivity contribution in [2.75, 3.05) is 13.1 Å². The van der Waals surface area contributed by atoms with Crippen LogP contribution in [0.2, 0.25) is 0 Å². The van der Waals surface area contributed by atoms with Crippen LogP contribution in [0.1, 0.15) is 31.7 Å². The van der Waals surface area contributed by atoms with Gasteiger partial charge in [-0.2, -0.15) is 0 Å². The summed E-state index contributed by atoms with van der Waals surface area (Å²) in [5, 5.41) is 2.87. The van der Waals surface area contributed by atoms with Crippen LogP contribution in [-0.4, -0.2) is 19.0 Å². The zero-order chi connectivity index (χ0) is 13.5. The average molecular weight is 252 g/mol. The van der Waals surface area contributed by atoms with Crippen LogP contribution >= 0.6 is 0 Å². The first kappa shape index (κ1) is 14.6. The Morgan fingerprint density at radius 1 is 1.44 bits per heavy atom. The van der Waals surface area contributed by atoms with E-state index in [-0.39, 0.29) is 17.6 Å². The van der Waals surface area contributed by atoms with E-state index in [1.807, 2.05) is 13.8 Å². The van der Waals surface area contributed by atoms with Gasteiger partial charge in [-0.05, 0) is 36.6 Å². The molecule has 0 saturated carbocycles. The maximum Gasteiger partial charge on any atom is 0.227 e. The molecule has 1 aromatic rings. The summed E-state index contributed by atoms with van der Waals surface area (Å²) in [5.74, 6) is -0.393. The van der Waals surface area contributed by atoms with Crippen molar-refractivity contribution in [2.24, 2.45) is 11.7 Å². The van der Waals surface area contributed by atoms with E-state index in [1.165, 1.54) is 12.1 Å². The van der Waals surface area contributed by atoms with E-state index in [9.17, 15) is 9.18 Å². The molecule has 0 saturated heterocycles. The molecule has 18 heavy (non-hydrogen) atoms. The van der Waals surface area contributed by atoms with Crippen molar-refractivity contribution >= 4 is 5.91 Å². The Hall–Kier alpha value is -1.42. The molecular formula is C14H21FN2O. The smallest absolute Gasteiger partial charge is 0.227 e. The Balaban J connectivity index is 2.78. The summed E-state index contributed by atoms with van der Waals surface area (Å²) in [7, 11) is 0. The number of carbonyl (C=O) groups excluding carboxylic acids is 1. The minimum atomic E-state index is -0.371. The molecule has 1 amide bonds. The summed E-state index contributed by atoms with van der Waals surface area (Å²) in [5.41, 5.74) is 6.21. The first-order chi connectivity index (χ1) is 8.54. The number of carbonyl (C=O) groups is 1. The van der Waals surface area contributed by atoms with Gasteiger partial charge in [0.25, 0.3) is 0 Å². The lowest BCUT2D eigenvalue weighted by molar-refractivity contribution is -0.122. The van der Waals surface area contributed by atoms with Gasteiger partial charge in [-0.15, -0.1) is 0 Å². The highest BCUT2D eigenvalue weighted by Crippen LogP contribution is 2.20. The van der Waals surface area contributed by atoms with Crippen molar-refractivity contribution in [3.63, 3.8) is 0 Å². The van der Waals surface area contributed by atoms with E-state index in [4.69, 9.17) is 5.73 Å². The molecule has 4 heteroatoms. The Morgan fingerprint density at radius 3 is 2.72 bits per heavy atom. The van der Waals surface area contributed by atoms with E-state index >= 15 is 0 Å². The molecule has 0 aliphatic carbocycles. The third-order valence-corrected chi connectivity index (χ3v) is 2.71. The molecule has 3 nitrogen and oxygen atoms in total. The van der Waals surface area contributed by atoms with Crippen molar-refractivity contribution in [3.05, 3.63) is 35.6 Å². The fourth-order valence-corrected chi connectivity index (χ4v) is 1.77. The molecule has 1 unspecified atom stereocenters. The minimum absolute atomic E-state index is 0.0836. The van der Waals surface area contributed by atoms with Gasteiger partial charge in [0.05, 0.1) is 5.92 Å². The summed E-state index contributed by atoms with van der Waals surface area (Å²) in [6, 6.07) is 6.15. The highest BCUT2D eigenvalue weighted by Gasteiger charge is 2.20. The Kier molecular flexibility index (Phi) is 5.78. The summed E-state index contributed by atoms with van der Waals surface area (Å²) >= 11 is 0. The monoisotopic (exact) mass is 252 g/mol. The topological polar surface area (TPSA) is 55.1 Å². The number of hydrogen-bond donors (Lipinski definition) is 2. The van der Waals surface area contributed by atoms with E-state index in [0.29, 0.717) is 31.0 Å². The van der Waals surface area contributed by atoms with Crippen LogP contribution in [0.3, 0.4) is 0 Å². The molecule has 1 rings (SSSR count). The predicted molar refractivity (Wildman–Crippen MR) is 70.7 cm³/mol. The van der Waals surface area contributed by atoms with Crippen molar-refractivity contribution in [3.8, 4) is 0 Å². The lowest BCUT2D eigenvalue weighted by Crippen LogP contribution is -2.33. The van der Waals surface area contributed by atoms with Crippen molar-refractivity contribution in [1.29, 1.82) is 0 Å². The molecule has 0 bridgehead atoms. The fraction of sp³-hybridized carbons (Fsp3) is 0.500. The molecule has 0 heterocycles. The van der Waals surface area contributed by atoms with Gasteiger partial charge >= 0.3 is 0 Å². The zero-order valence-electron chi connectivity index (χ0n) is 10.9. The molecule has 0 aliphatic heterocycles. The van der Waals surface area contributed by atoms with Crippen LogP contribution in [0.15, 0.2) is 24.3 Å². The van der Waals surface area contributed by atoms with Crippen molar-refractivity contribution in [1.82, 2.24) is 5.32 Å². The molecule has 0 fully saturated rings. The molecule has 0 radical (unpaired) electrons. The molecule has 3 N–H and O–H groups in total. The van der Waals surface area contributed by atoms with Gasteiger partial charge in [0.2, 0.25) is 5.91 Å². The largest absolute Gasteiger partial charge is 0.355 e. The number of halogens is 1. The number of rotatable bonds is 6. The SMILES string of the molecule is CC(C)CNC(=O)C(CCN)c1cccc(F)c1. The second kappa shape index (κ2) is 7.11. The van der Waals surface area contributed by atoms with Gasteiger partial charge in [0.1, 0.15) is 5.82 Å². The summed E-state index contributed by atoms with van der Waals surface area (Å²) in [6.07, 6.45) is 0.521. The molecule has 0 aromatic heterocycles. The fourth-order valence-electron chi connectivity index (χ4n) is 1.77. The van der Waals surface area contributed by atoms with Gasteiger partial charge in [0.15, 0.2) is 0 Å². The molecule has 1 aromatic carbocycles. The summed E-state index contributed by atoms with van der Waals surface area (Å²) in [4.78, 5) is 12.1. The number of hydrogen-bond acceptors (Lipinski definition) is 2. The van der Waals surface area contributed by atoms with Crippen LogP contribution in [-0.2, 0) is 4.79 Å². The first-order valence-electron chi connectivity index (χ1n) is 6.27. The van der Waals surface area contributed by atoms with Crippen LogP contribution in [0.5, 0.6) is 0 Å². The third-order valence-electron chi connectivity index (χ3n) is 2.71. The lowest BCUT2D eigenvalue weighted by atomic mass is 9.94. The first-order valence-corrected chi connectivity index (χ1v) is 6.27. The van der Waals surface area contributed by atoms with Crippen molar-refractivity contribution < 1.29 is 9.18 Å². The second-order valence-corrected chi connectivity index (χ2v) is 4.82. The van der Waals surface area contributed by atoms with Gasteiger partial charge in [0, 0.05) is 6.54 Å². The maximum absolute atomic E-state index is 13.2. The highest BCUT2D eigenvalue weighted by atomic mass is 19.1.